The van der Waals surface area contributed by atoms with Crippen LogP contribution >= 0.6 is 0 Å². The normalized spacial score (nSPS) is 5.25. The number of nitrogens with two attached hydrogens (primary N) is 1. The van der Waals surface area contributed by atoms with Gasteiger partial charge in [0.15, 0.2) is 0 Å². The van der Waals surface area contributed by atoms with Crippen molar-refractivity contribution in [2.75, 3.05) is 6.61 Å². The Labute approximate surface area is 47.7 Å². The molecule has 7 N–H and O–H groups in total. The Balaban J connectivity index is -0.0000000575. The lowest BCUT2D eigenvalue weighted by molar-refractivity contribution is -0.245. The number of aliphatic hydroxyl groups excluding tert-OH is 1. The molecule has 0 radical (unpaired) electrons. The van der Waals surface area contributed by atoms with Crippen molar-refractivity contribution in [2.24, 2.45) is 5.73 Å². The molecule has 0 unspecified atom stereocenters. The van der Waals surface area contributed by atoms with E-state index in [9.17, 15) is 0 Å². The Kier molecular flexibility index (Phi) is 32.1. The molecule has 52 valence electrons. The van der Waals surface area contributed by atoms with E-state index in [1.165, 1.54) is 0 Å². The summed E-state index contributed by atoms with van der Waals surface area (Å²) in [6.07, 6.45) is -1.58. The van der Waals surface area contributed by atoms with Gasteiger partial charge in [-0.25, -0.2) is 0 Å². The number of carboxylic acid groups (broad SMARTS) is 1. The van der Waals surface area contributed by atoms with E-state index in [4.69, 9.17) is 15.0 Å². The Hall–Kier alpha value is -0.810. The Bertz CT molecular complexity index is 43.8. The number of carbonyl (C=O) groups excluding carboxylic acids is 1. The summed E-state index contributed by atoms with van der Waals surface area (Å²) in [6.45, 7) is 1.93. The average molecular weight is 124 g/mol. The summed E-state index contributed by atoms with van der Waals surface area (Å²) >= 11 is 0. The van der Waals surface area contributed by atoms with Crippen molar-refractivity contribution in [3.8, 4) is 0 Å². The molecule has 0 aliphatic heterocycles. The molecule has 0 aromatic carbocycles. The first-order valence-corrected chi connectivity index (χ1v) is 1.72. The second kappa shape index (κ2) is 16.4. The molecule has 0 aliphatic rings. The molecule has 0 aromatic heterocycles. The van der Waals surface area contributed by atoms with Crippen LogP contribution in [0.15, 0.2) is 0 Å². The van der Waals surface area contributed by atoms with Crippen molar-refractivity contribution in [3.05, 3.63) is 0 Å². The van der Waals surface area contributed by atoms with Crippen molar-refractivity contribution < 1.29 is 15.0 Å². The molecule has 0 saturated carbocycles. The van der Waals surface area contributed by atoms with Gasteiger partial charge < -0.3 is 26.9 Å². The number of hydrogen-bond donors (Lipinski definition) is 3. The van der Waals surface area contributed by atoms with Crippen molar-refractivity contribution in [3.63, 3.8) is 0 Å². The average Bonchev–Trinajstić information content (AvgIpc) is 1.33. The number of rotatable bonds is 0. The molecule has 0 aromatic rings. The number of hydrogen-bond acceptors (Lipinski definition) is 3. The molecule has 8 heavy (non-hydrogen) atoms. The van der Waals surface area contributed by atoms with Crippen LogP contribution in [0.2, 0.25) is 0 Å². The quantitative estimate of drug-likeness (QED) is 0.370. The van der Waals surface area contributed by atoms with Gasteiger partial charge in [-0.3, -0.25) is 0 Å². The smallest absolute Gasteiger partial charge is 0.131 e. The summed E-state index contributed by atoms with van der Waals surface area (Å²) in [4.78, 5) is 8.67. The maximum Gasteiger partial charge on any atom is 0.131 e. The summed E-state index contributed by atoms with van der Waals surface area (Å²) in [5, 5.41) is 16.2. The standard InChI is InChI=1S/C2H6O.CH3NO2.H3N/c1-2-3;2-1(3)4;/h3H,2H2,1H3;2H2,(H,3,4);1H3. The molecule has 5 heteroatoms. The number of carbonyl (C=O) groups is 1. The molecule has 5 nitrogen and oxygen atoms in total. The highest BCUT2D eigenvalue weighted by Gasteiger charge is 1.44. The molecule has 0 bridgehead atoms. The van der Waals surface area contributed by atoms with Gasteiger partial charge in [0.05, 0.1) is 0 Å². The van der Waals surface area contributed by atoms with Crippen molar-refractivity contribution in [1.82, 2.24) is 6.15 Å². The molecule has 0 heterocycles. The van der Waals surface area contributed by atoms with Gasteiger partial charge in [0.25, 0.3) is 0 Å². The molecular formula is C3H12N2O3. The van der Waals surface area contributed by atoms with Gasteiger partial charge in [-0.1, -0.05) is 0 Å². The van der Waals surface area contributed by atoms with Crippen molar-refractivity contribution in [1.29, 1.82) is 0 Å². The molecule has 0 aliphatic carbocycles. The van der Waals surface area contributed by atoms with E-state index in [1.54, 1.807) is 6.92 Å². The zero-order valence-electron chi connectivity index (χ0n) is 5.05. The van der Waals surface area contributed by atoms with E-state index in [-0.39, 0.29) is 12.8 Å². The van der Waals surface area contributed by atoms with Crippen LogP contribution in [0.25, 0.3) is 0 Å². The topological polar surface area (TPSA) is 123 Å². The summed E-state index contributed by atoms with van der Waals surface area (Å²) in [7, 11) is 0. The van der Waals surface area contributed by atoms with Crippen LogP contribution in [-0.2, 0) is 0 Å². The third kappa shape index (κ3) is 139. The zero-order valence-corrected chi connectivity index (χ0v) is 5.05. The molecule has 0 spiro atoms. The molecule has 0 rings (SSSR count). The highest BCUT2D eigenvalue weighted by molar-refractivity contribution is 5.58. The van der Waals surface area contributed by atoms with Crippen LogP contribution in [0.1, 0.15) is 6.92 Å². The van der Waals surface area contributed by atoms with E-state index < -0.39 is 6.09 Å². The van der Waals surface area contributed by atoms with Crippen LogP contribution in [0.5, 0.6) is 0 Å². The van der Waals surface area contributed by atoms with Gasteiger partial charge >= 0.3 is 0 Å². The van der Waals surface area contributed by atoms with Gasteiger partial charge in [0.2, 0.25) is 0 Å². The van der Waals surface area contributed by atoms with Gasteiger partial charge in [0.1, 0.15) is 6.09 Å². The first-order valence-electron chi connectivity index (χ1n) is 1.72. The van der Waals surface area contributed by atoms with Gasteiger partial charge in [-0.2, -0.15) is 0 Å². The lowest BCUT2D eigenvalue weighted by Crippen LogP contribution is -2.29. The summed E-state index contributed by atoms with van der Waals surface area (Å²) < 4.78 is 0. The maximum absolute atomic E-state index is 8.67. The monoisotopic (exact) mass is 124 g/mol. The third-order valence-electron chi connectivity index (χ3n) is 0. The fourth-order valence-corrected chi connectivity index (χ4v) is 0. The fourth-order valence-electron chi connectivity index (χ4n) is 0. The minimum absolute atomic E-state index is 0. The molecule has 1 amide bonds. The van der Waals surface area contributed by atoms with Crippen LogP contribution in [-0.4, -0.2) is 17.8 Å². The first kappa shape index (κ1) is 15.7. The van der Waals surface area contributed by atoms with E-state index >= 15 is 0 Å². The van der Waals surface area contributed by atoms with Crippen LogP contribution < -0.4 is 17.0 Å². The van der Waals surface area contributed by atoms with Crippen molar-refractivity contribution in [2.45, 2.75) is 6.92 Å². The fraction of sp³-hybridized carbons (Fsp3) is 0.667. The molecule has 0 saturated heterocycles. The highest BCUT2D eigenvalue weighted by Crippen LogP contribution is 1.30. The van der Waals surface area contributed by atoms with Gasteiger partial charge in [0, 0.05) is 6.61 Å². The first-order chi connectivity index (χ1) is 3.15. The van der Waals surface area contributed by atoms with Crippen LogP contribution in [0.4, 0.5) is 4.79 Å². The summed E-state index contributed by atoms with van der Waals surface area (Å²) in [5.41, 5.74) is 3.92. The SMILES string of the molecule is CCO.NC(=O)[O-].[NH4+]. The maximum atomic E-state index is 8.67. The Morgan fingerprint density at radius 3 is 1.88 bits per heavy atom. The third-order valence-corrected chi connectivity index (χ3v) is 0. The van der Waals surface area contributed by atoms with Crippen molar-refractivity contribution >= 4 is 6.09 Å². The number of quaternary nitrogens is 1. The lowest BCUT2D eigenvalue weighted by Gasteiger charge is -1.78. The predicted molar refractivity (Wildman–Crippen MR) is 28.3 cm³/mol. The Morgan fingerprint density at radius 2 is 1.88 bits per heavy atom. The Morgan fingerprint density at radius 1 is 1.88 bits per heavy atom. The minimum atomic E-state index is -1.58. The zero-order chi connectivity index (χ0) is 6.28. The molecule has 0 fully saturated rings. The van der Waals surface area contributed by atoms with Gasteiger partial charge in [-0.15, -0.1) is 0 Å². The van der Waals surface area contributed by atoms with E-state index in [1.807, 2.05) is 0 Å². The largest absolute Gasteiger partial charge is 0.530 e. The minimum Gasteiger partial charge on any atom is -0.530 e. The van der Waals surface area contributed by atoms with Crippen LogP contribution in [0, 0.1) is 0 Å². The molecule has 0 atom stereocenters. The van der Waals surface area contributed by atoms with E-state index in [2.05, 4.69) is 5.73 Å². The second-order valence-electron chi connectivity index (χ2n) is 0.635. The predicted octanol–water partition coefficient (Wildman–Crippen LogP) is -1.34. The van der Waals surface area contributed by atoms with Gasteiger partial charge in [-0.05, 0) is 6.92 Å². The number of amides is 1. The summed E-state index contributed by atoms with van der Waals surface area (Å²) in [6, 6.07) is 0. The van der Waals surface area contributed by atoms with E-state index in [0.29, 0.717) is 0 Å². The highest BCUT2D eigenvalue weighted by atomic mass is 16.4. The van der Waals surface area contributed by atoms with E-state index in [0.717, 1.165) is 0 Å². The lowest BCUT2D eigenvalue weighted by atomic mass is 10.9. The molecular weight excluding hydrogens is 112 g/mol. The van der Waals surface area contributed by atoms with Crippen LogP contribution in [0.3, 0.4) is 0 Å². The summed E-state index contributed by atoms with van der Waals surface area (Å²) in [5.74, 6) is 0. The second-order valence-corrected chi connectivity index (χ2v) is 0.635. The number of primary amides is 1. The number of aliphatic hydroxyl groups is 1.